The zero-order chi connectivity index (χ0) is 12.8. The van der Waals surface area contributed by atoms with Gasteiger partial charge in [0.1, 0.15) is 5.69 Å². The average molecular weight is 241 g/mol. The summed E-state index contributed by atoms with van der Waals surface area (Å²) in [4.78, 5) is 16.2. The quantitative estimate of drug-likeness (QED) is 0.837. The van der Waals surface area contributed by atoms with E-state index < -0.39 is 0 Å². The molecule has 0 aliphatic heterocycles. The minimum atomic E-state index is -0.137. The summed E-state index contributed by atoms with van der Waals surface area (Å²) >= 11 is 0. The molecule has 4 nitrogen and oxygen atoms in total. The molecule has 1 heterocycles. The number of carbonyl (C=O) groups is 1. The number of hydrogen-bond donors (Lipinski definition) is 1. The Hall–Kier alpha value is -2.36. The molecule has 18 heavy (non-hydrogen) atoms. The molecule has 0 spiro atoms. The summed E-state index contributed by atoms with van der Waals surface area (Å²) < 4.78 is 0. The van der Waals surface area contributed by atoms with Crippen molar-refractivity contribution in [2.24, 2.45) is 0 Å². The van der Waals surface area contributed by atoms with Crippen molar-refractivity contribution in [2.75, 3.05) is 12.0 Å². The minimum Gasteiger partial charge on any atom is -0.296 e. The van der Waals surface area contributed by atoms with Gasteiger partial charge in [-0.15, -0.1) is 0 Å². The third kappa shape index (κ3) is 2.85. The van der Waals surface area contributed by atoms with Gasteiger partial charge in [0.2, 0.25) is 0 Å². The largest absolute Gasteiger partial charge is 0.296 e. The number of para-hydroxylation sites is 1. The molecule has 0 fully saturated rings. The Morgan fingerprint density at radius 3 is 2.50 bits per heavy atom. The van der Waals surface area contributed by atoms with E-state index in [0.717, 1.165) is 5.69 Å². The fourth-order valence-corrected chi connectivity index (χ4v) is 1.57. The number of anilines is 1. The van der Waals surface area contributed by atoms with Gasteiger partial charge < -0.3 is 0 Å². The van der Waals surface area contributed by atoms with Crippen molar-refractivity contribution in [3.05, 3.63) is 60.4 Å². The Balaban J connectivity index is 2.12. The van der Waals surface area contributed by atoms with Crippen LogP contribution in [-0.2, 0) is 0 Å². The van der Waals surface area contributed by atoms with Crippen molar-refractivity contribution in [1.29, 1.82) is 0 Å². The molecule has 1 amide bonds. The Morgan fingerprint density at radius 2 is 1.89 bits per heavy atom. The molecule has 1 aromatic heterocycles. The van der Waals surface area contributed by atoms with Crippen LogP contribution in [0, 0.1) is 0 Å². The molecule has 0 aliphatic rings. The first-order valence-corrected chi connectivity index (χ1v) is 5.86. The molecule has 0 aliphatic carbocycles. The summed E-state index contributed by atoms with van der Waals surface area (Å²) in [6, 6.07) is 14.9. The normalized spacial score (nSPS) is 9.83. The third-order valence-corrected chi connectivity index (χ3v) is 2.48. The van der Waals surface area contributed by atoms with E-state index in [1.54, 1.807) is 24.4 Å². The fourth-order valence-electron chi connectivity index (χ4n) is 1.57. The van der Waals surface area contributed by atoms with Crippen LogP contribution < -0.4 is 5.43 Å². The lowest BCUT2D eigenvalue weighted by atomic mass is 10.3. The Kier molecular flexibility index (Phi) is 3.91. The summed E-state index contributed by atoms with van der Waals surface area (Å²) in [5.41, 5.74) is 4.38. The Labute approximate surface area is 106 Å². The summed E-state index contributed by atoms with van der Waals surface area (Å²) in [5.74, 6) is -0.137. The van der Waals surface area contributed by atoms with Crippen molar-refractivity contribution in [3.63, 3.8) is 0 Å². The van der Waals surface area contributed by atoms with Gasteiger partial charge in [0.15, 0.2) is 0 Å². The molecule has 4 heteroatoms. The van der Waals surface area contributed by atoms with E-state index >= 15 is 0 Å². The van der Waals surface area contributed by atoms with Gasteiger partial charge >= 0.3 is 0 Å². The van der Waals surface area contributed by atoms with E-state index in [0.29, 0.717) is 12.2 Å². The number of benzene rings is 1. The van der Waals surface area contributed by atoms with Crippen molar-refractivity contribution in [2.45, 2.75) is 6.92 Å². The van der Waals surface area contributed by atoms with Crippen molar-refractivity contribution < 1.29 is 4.79 Å². The van der Waals surface area contributed by atoms with E-state index in [9.17, 15) is 4.79 Å². The molecule has 0 bridgehead atoms. The molecule has 0 atom stereocenters. The van der Waals surface area contributed by atoms with Crippen LogP contribution in [0.15, 0.2) is 54.7 Å². The van der Waals surface area contributed by atoms with Crippen LogP contribution in [0.5, 0.6) is 0 Å². The molecule has 2 aromatic rings. The molecule has 0 radical (unpaired) electrons. The summed E-state index contributed by atoms with van der Waals surface area (Å²) in [6.45, 7) is 2.47. The van der Waals surface area contributed by atoms with E-state index in [2.05, 4.69) is 10.4 Å². The van der Waals surface area contributed by atoms with Gasteiger partial charge in [-0.05, 0) is 31.2 Å². The van der Waals surface area contributed by atoms with Crippen LogP contribution in [0.3, 0.4) is 0 Å². The van der Waals surface area contributed by atoms with E-state index in [1.807, 2.05) is 37.3 Å². The number of nitrogens with zero attached hydrogens (tertiary/aromatic N) is 2. The number of pyridine rings is 1. The van der Waals surface area contributed by atoms with Crippen molar-refractivity contribution >= 4 is 11.6 Å². The van der Waals surface area contributed by atoms with Crippen LogP contribution in [0.1, 0.15) is 17.4 Å². The molecule has 0 unspecified atom stereocenters. The van der Waals surface area contributed by atoms with E-state index in [-0.39, 0.29) is 5.91 Å². The molecule has 0 saturated heterocycles. The number of hydrazine groups is 1. The molecular formula is C14H15N3O. The standard InChI is InChI=1S/C14H15N3O/c1-2-17(16-12-8-4-3-5-9-12)14(18)13-10-6-7-11-15-13/h3-11,16H,2H2,1H3. The molecule has 2 rings (SSSR count). The highest BCUT2D eigenvalue weighted by atomic mass is 16.2. The third-order valence-electron chi connectivity index (χ3n) is 2.48. The van der Waals surface area contributed by atoms with Gasteiger partial charge in [0.05, 0.1) is 5.69 Å². The number of aromatic nitrogens is 1. The molecular weight excluding hydrogens is 226 g/mol. The van der Waals surface area contributed by atoms with Crippen LogP contribution in [0.25, 0.3) is 0 Å². The smallest absolute Gasteiger partial charge is 0.290 e. The van der Waals surface area contributed by atoms with Crippen LogP contribution in [-0.4, -0.2) is 22.4 Å². The summed E-state index contributed by atoms with van der Waals surface area (Å²) in [7, 11) is 0. The molecule has 0 saturated carbocycles. The average Bonchev–Trinajstić information content (AvgIpc) is 2.46. The zero-order valence-electron chi connectivity index (χ0n) is 10.2. The maximum atomic E-state index is 12.2. The highest BCUT2D eigenvalue weighted by molar-refractivity contribution is 5.92. The second kappa shape index (κ2) is 5.82. The maximum Gasteiger partial charge on any atom is 0.290 e. The minimum absolute atomic E-state index is 0.137. The highest BCUT2D eigenvalue weighted by Crippen LogP contribution is 2.08. The van der Waals surface area contributed by atoms with Gasteiger partial charge in [-0.3, -0.25) is 20.2 Å². The van der Waals surface area contributed by atoms with Crippen molar-refractivity contribution in [1.82, 2.24) is 9.99 Å². The number of amides is 1. The first kappa shape index (κ1) is 12.1. The van der Waals surface area contributed by atoms with E-state index in [1.165, 1.54) is 5.01 Å². The van der Waals surface area contributed by atoms with Gasteiger partial charge in [-0.25, -0.2) is 0 Å². The summed E-state index contributed by atoms with van der Waals surface area (Å²) in [5, 5.41) is 1.54. The van der Waals surface area contributed by atoms with Gasteiger partial charge in [-0.2, -0.15) is 0 Å². The Bertz CT molecular complexity index is 499. The second-order valence-electron chi connectivity index (χ2n) is 3.74. The lowest BCUT2D eigenvalue weighted by Crippen LogP contribution is -2.36. The monoisotopic (exact) mass is 241 g/mol. The number of rotatable bonds is 4. The van der Waals surface area contributed by atoms with Gasteiger partial charge in [0, 0.05) is 12.7 Å². The SMILES string of the molecule is CCN(Nc1ccccc1)C(=O)c1ccccn1. The first-order chi connectivity index (χ1) is 8.81. The predicted octanol–water partition coefficient (Wildman–Crippen LogP) is 2.57. The van der Waals surface area contributed by atoms with Crippen molar-refractivity contribution in [3.8, 4) is 0 Å². The molecule has 1 N–H and O–H groups in total. The number of hydrogen-bond acceptors (Lipinski definition) is 3. The molecule has 92 valence electrons. The van der Waals surface area contributed by atoms with Gasteiger partial charge in [-0.1, -0.05) is 24.3 Å². The Morgan fingerprint density at radius 1 is 1.17 bits per heavy atom. The lowest BCUT2D eigenvalue weighted by Gasteiger charge is -2.22. The fraction of sp³-hybridized carbons (Fsp3) is 0.143. The number of nitrogens with one attached hydrogen (secondary N) is 1. The maximum absolute atomic E-state index is 12.2. The summed E-state index contributed by atoms with van der Waals surface area (Å²) in [6.07, 6.45) is 1.61. The lowest BCUT2D eigenvalue weighted by molar-refractivity contribution is 0.0795. The van der Waals surface area contributed by atoms with Crippen LogP contribution >= 0.6 is 0 Å². The number of carbonyl (C=O) groups excluding carboxylic acids is 1. The van der Waals surface area contributed by atoms with Crippen LogP contribution in [0.2, 0.25) is 0 Å². The predicted molar refractivity (Wildman–Crippen MR) is 71.0 cm³/mol. The first-order valence-electron chi connectivity index (χ1n) is 5.86. The topological polar surface area (TPSA) is 45.2 Å². The highest BCUT2D eigenvalue weighted by Gasteiger charge is 2.14. The molecule has 1 aromatic carbocycles. The second-order valence-corrected chi connectivity index (χ2v) is 3.74. The van der Waals surface area contributed by atoms with Gasteiger partial charge in [0.25, 0.3) is 5.91 Å². The van der Waals surface area contributed by atoms with E-state index in [4.69, 9.17) is 0 Å². The van der Waals surface area contributed by atoms with Crippen LogP contribution in [0.4, 0.5) is 5.69 Å². The zero-order valence-corrected chi connectivity index (χ0v) is 10.2.